The highest BCUT2D eigenvalue weighted by molar-refractivity contribution is 6.32. The number of fused-ring (bicyclic) bond motifs is 17. The van der Waals surface area contributed by atoms with Gasteiger partial charge in [0, 0.05) is 43.4 Å². The molecular formula is C140H88O3. The van der Waals surface area contributed by atoms with Crippen molar-refractivity contribution in [1.29, 1.82) is 0 Å². The van der Waals surface area contributed by atoms with Crippen molar-refractivity contribution in [3.05, 3.63) is 534 Å². The van der Waals surface area contributed by atoms with Crippen molar-refractivity contribution in [1.82, 2.24) is 0 Å². The lowest BCUT2D eigenvalue weighted by molar-refractivity contribution is 0.669. The Labute approximate surface area is 826 Å². The fourth-order valence-corrected chi connectivity index (χ4v) is 23.1. The predicted octanol–water partition coefficient (Wildman–Crippen LogP) is 40.0. The van der Waals surface area contributed by atoms with Crippen LogP contribution < -0.4 is 0 Å². The van der Waals surface area contributed by atoms with E-state index in [1.54, 1.807) is 0 Å². The molecule has 0 aliphatic rings. The number of benzene rings is 26. The van der Waals surface area contributed by atoms with E-state index < -0.39 is 0 Å². The Bertz CT molecular complexity index is 9920. The second kappa shape index (κ2) is 35.3. The van der Waals surface area contributed by atoms with Gasteiger partial charge in [-0.25, -0.2) is 0 Å². The quantitative estimate of drug-likeness (QED) is 0.114. The van der Waals surface area contributed by atoms with Gasteiger partial charge < -0.3 is 13.3 Å². The third-order valence-corrected chi connectivity index (χ3v) is 29.2. The van der Waals surface area contributed by atoms with Crippen LogP contribution in [-0.2, 0) is 0 Å². The smallest absolute Gasteiger partial charge is 0.143 e. The number of hydrogen-bond donors (Lipinski definition) is 0. The summed E-state index contributed by atoms with van der Waals surface area (Å²) in [6, 6.07) is 192. The molecule has 26 aromatic carbocycles. The summed E-state index contributed by atoms with van der Waals surface area (Å²) >= 11 is 0. The van der Waals surface area contributed by atoms with E-state index >= 15 is 0 Å². The lowest BCUT2D eigenvalue weighted by Crippen LogP contribution is -1.93. The van der Waals surface area contributed by atoms with Crippen molar-refractivity contribution in [2.75, 3.05) is 0 Å². The Balaban J connectivity index is 0.000000107. The summed E-state index contributed by atoms with van der Waals surface area (Å²) in [6.07, 6.45) is 0. The van der Waals surface area contributed by atoms with Crippen LogP contribution in [0.25, 0.3) is 286 Å². The monoisotopic (exact) mass is 1820 g/mol. The summed E-state index contributed by atoms with van der Waals surface area (Å²) in [4.78, 5) is 0. The molecule has 29 aromatic rings. The van der Waals surface area contributed by atoms with Crippen molar-refractivity contribution in [3.63, 3.8) is 0 Å². The highest BCUT2D eigenvalue weighted by Crippen LogP contribution is 2.56. The van der Waals surface area contributed by atoms with E-state index in [4.69, 9.17) is 13.3 Å². The zero-order valence-corrected chi connectivity index (χ0v) is 78.0. The van der Waals surface area contributed by atoms with Gasteiger partial charge >= 0.3 is 0 Å². The lowest BCUT2D eigenvalue weighted by atomic mass is 9.82. The molecule has 3 heterocycles. The molecule has 3 aromatic heterocycles. The van der Waals surface area contributed by atoms with E-state index in [-0.39, 0.29) is 0 Å². The molecule has 0 amide bonds. The van der Waals surface area contributed by atoms with E-state index in [0.29, 0.717) is 0 Å². The SMILES string of the molecule is c1ccc(-c2cc(-c3c4ccccc4c(-c4ccccc4-c4ccccc4)c4ccccc34)c3c(c2)oc2ccccc23)cc1.c1ccc(-c2ccccc2-c2c3ccccc3c(-c3ccc(-c4cccc5ccccc45)c4oc5ccccc5c34)c3ccccc23)cc1.c1ccc(-c2ccccc2-c2c3ccccc3c(-c3cccc4oc5c(-c6cccc7ccccc67)cccc5c34)c3ccccc23)cc1. The molecule has 0 aliphatic heterocycles. The van der Waals surface area contributed by atoms with Crippen LogP contribution in [0.4, 0.5) is 0 Å². The van der Waals surface area contributed by atoms with Crippen molar-refractivity contribution in [2.24, 2.45) is 0 Å². The van der Waals surface area contributed by atoms with Gasteiger partial charge in [0.15, 0.2) is 0 Å². The molecule has 0 atom stereocenters. The Morgan fingerprint density at radius 1 is 0.105 bits per heavy atom. The van der Waals surface area contributed by atoms with E-state index in [9.17, 15) is 0 Å². The molecule has 29 rings (SSSR count). The minimum atomic E-state index is 0.895. The Morgan fingerprint density at radius 2 is 0.350 bits per heavy atom. The van der Waals surface area contributed by atoms with Crippen LogP contribution >= 0.6 is 0 Å². The van der Waals surface area contributed by atoms with E-state index in [0.717, 1.165) is 82.5 Å². The van der Waals surface area contributed by atoms with Crippen LogP contribution in [0.5, 0.6) is 0 Å². The zero-order valence-electron chi connectivity index (χ0n) is 78.0. The summed E-state index contributed by atoms with van der Waals surface area (Å²) < 4.78 is 20.2. The molecule has 0 unspecified atom stereocenters. The first-order valence-electron chi connectivity index (χ1n) is 49.2. The van der Waals surface area contributed by atoms with Crippen molar-refractivity contribution < 1.29 is 13.3 Å². The molecule has 0 fully saturated rings. The molecule has 3 nitrogen and oxygen atoms in total. The minimum Gasteiger partial charge on any atom is -0.456 e. The molecule has 0 aliphatic carbocycles. The average molecular weight is 1820 g/mol. The lowest BCUT2D eigenvalue weighted by Gasteiger charge is -2.20. The third kappa shape index (κ3) is 14.2. The summed E-state index contributed by atoms with van der Waals surface area (Å²) in [5, 5.41) is 26.5. The van der Waals surface area contributed by atoms with Gasteiger partial charge in [-0.3, -0.25) is 0 Å². The molecule has 0 spiro atoms. The first kappa shape index (κ1) is 83.6. The standard InChI is InChI=1S/2C48H30O.C44H28O/c1-2-15-31(16-3-1)34-20-6-7-21-36(34)45-37-22-8-10-24-39(37)46(40-25-11-9-23-38(40)45)42-28-14-30-44-47(42)43-29-13-27-41(48(43)49-44)35-26-12-18-32-17-4-5-19-33(32)35;1-2-15-31(16-3-1)34-20-6-7-21-36(34)45-37-22-8-10-24-39(37)46(40-25-11-9-23-38(40)45)43-30-29-41(35-27-14-18-32-17-4-5-19-33(32)35)48-47(43)42-26-12-13-28-44(42)49-48;1-3-15-29(16-4-1)31-27-39(44-38-25-13-14-26-40(38)45-41(44)28-31)43-36-23-11-9-21-34(36)42(35-22-10-12-24-37(35)43)33-20-8-7-19-32(33)30-17-5-2-6-18-30/h2*1-30H;1-28H. The molecule has 3 heteroatoms. The second-order valence-electron chi connectivity index (χ2n) is 37.1. The van der Waals surface area contributed by atoms with E-state index in [2.05, 4.69) is 528 Å². The summed E-state index contributed by atoms with van der Waals surface area (Å²) in [7, 11) is 0. The van der Waals surface area contributed by atoms with Crippen molar-refractivity contribution in [2.45, 2.75) is 0 Å². The van der Waals surface area contributed by atoms with Gasteiger partial charge in [-0.1, -0.05) is 497 Å². The normalized spacial score (nSPS) is 11.6. The molecule has 0 N–H and O–H groups in total. The maximum absolute atomic E-state index is 6.83. The van der Waals surface area contributed by atoms with Crippen LogP contribution in [0.1, 0.15) is 0 Å². The Morgan fingerprint density at radius 3 is 0.769 bits per heavy atom. The van der Waals surface area contributed by atoms with Gasteiger partial charge in [-0.05, 0) is 245 Å². The fraction of sp³-hybridized carbons (Fsp3) is 0. The first-order chi connectivity index (χ1) is 71.0. The van der Waals surface area contributed by atoms with Gasteiger partial charge in [0.1, 0.15) is 33.5 Å². The topological polar surface area (TPSA) is 39.4 Å². The zero-order chi connectivity index (χ0) is 94.4. The largest absolute Gasteiger partial charge is 0.456 e. The summed E-state index contributed by atoms with van der Waals surface area (Å²) in [6.45, 7) is 0. The van der Waals surface area contributed by atoms with Crippen LogP contribution in [0.3, 0.4) is 0 Å². The van der Waals surface area contributed by atoms with Crippen LogP contribution in [0.15, 0.2) is 547 Å². The van der Waals surface area contributed by atoms with Crippen LogP contribution in [-0.4, -0.2) is 0 Å². The number of hydrogen-bond acceptors (Lipinski definition) is 3. The Hall–Kier alpha value is -18.8. The highest BCUT2D eigenvalue weighted by Gasteiger charge is 2.29. The van der Waals surface area contributed by atoms with Gasteiger partial charge in [0.05, 0.1) is 0 Å². The van der Waals surface area contributed by atoms with E-state index in [1.165, 1.54) is 203 Å². The average Bonchev–Trinajstić information content (AvgIpc) is 1.44. The third-order valence-electron chi connectivity index (χ3n) is 29.2. The molecule has 0 bridgehead atoms. The van der Waals surface area contributed by atoms with E-state index in [1.807, 2.05) is 6.07 Å². The van der Waals surface area contributed by atoms with Gasteiger partial charge in [-0.2, -0.15) is 0 Å². The number of furan rings is 3. The Kier molecular flexibility index (Phi) is 20.6. The van der Waals surface area contributed by atoms with Crippen LogP contribution in [0, 0.1) is 0 Å². The van der Waals surface area contributed by atoms with Gasteiger partial charge in [-0.15, -0.1) is 0 Å². The first-order valence-corrected chi connectivity index (χ1v) is 49.2. The highest BCUT2D eigenvalue weighted by atomic mass is 16.3. The predicted molar refractivity (Wildman–Crippen MR) is 606 cm³/mol. The molecule has 0 radical (unpaired) electrons. The van der Waals surface area contributed by atoms with Gasteiger partial charge in [0.2, 0.25) is 0 Å². The fourth-order valence-electron chi connectivity index (χ4n) is 23.1. The molecule has 666 valence electrons. The summed E-state index contributed by atoms with van der Waals surface area (Å²) in [5.74, 6) is 0. The minimum absolute atomic E-state index is 0.895. The second-order valence-corrected chi connectivity index (χ2v) is 37.1. The number of rotatable bonds is 12. The maximum atomic E-state index is 6.83. The molecule has 0 saturated carbocycles. The van der Waals surface area contributed by atoms with Crippen molar-refractivity contribution >= 4 is 152 Å². The maximum Gasteiger partial charge on any atom is 0.143 e. The summed E-state index contributed by atoms with van der Waals surface area (Å²) in [5.41, 5.74) is 34.4. The number of para-hydroxylation sites is 3. The van der Waals surface area contributed by atoms with Crippen LogP contribution in [0.2, 0.25) is 0 Å². The molecule has 143 heavy (non-hydrogen) atoms. The van der Waals surface area contributed by atoms with Crippen molar-refractivity contribution in [3.8, 4) is 134 Å². The molecular weight excluding hydrogens is 1730 g/mol. The van der Waals surface area contributed by atoms with Gasteiger partial charge in [0.25, 0.3) is 0 Å². The molecule has 0 saturated heterocycles.